The molecule has 80 valence electrons. The molecule has 0 aromatic heterocycles. The fourth-order valence-electron chi connectivity index (χ4n) is 1.38. The van der Waals surface area contributed by atoms with Crippen molar-refractivity contribution in [2.75, 3.05) is 11.9 Å². The topological polar surface area (TPSA) is 56.0 Å². The highest BCUT2D eigenvalue weighted by molar-refractivity contribution is 5.60. The first-order chi connectivity index (χ1) is 7.15. The zero-order valence-corrected chi connectivity index (χ0v) is 9.12. The Hall–Kier alpha value is -1.53. The highest BCUT2D eigenvalue weighted by atomic mass is 16.3. The third-order valence-corrected chi connectivity index (χ3v) is 2.26. The number of hydrogen-bond donors (Lipinski definition) is 2. The molecule has 0 heterocycles. The predicted octanol–water partition coefficient (Wildman–Crippen LogP) is 2.05. The van der Waals surface area contributed by atoms with E-state index in [0.717, 1.165) is 11.3 Å². The summed E-state index contributed by atoms with van der Waals surface area (Å²) in [5.74, 6) is 0. The molecular weight excluding hydrogens is 188 g/mol. The van der Waals surface area contributed by atoms with Crippen LogP contribution in [0.5, 0.6) is 0 Å². The molecule has 0 saturated heterocycles. The van der Waals surface area contributed by atoms with Crippen LogP contribution in [0.2, 0.25) is 0 Å². The van der Waals surface area contributed by atoms with Crippen molar-refractivity contribution in [1.29, 1.82) is 5.26 Å². The van der Waals surface area contributed by atoms with Gasteiger partial charge in [0.1, 0.15) is 6.07 Å². The highest BCUT2D eigenvalue weighted by Crippen LogP contribution is 2.18. The van der Waals surface area contributed by atoms with E-state index >= 15 is 0 Å². The first kappa shape index (κ1) is 11.5. The monoisotopic (exact) mass is 204 g/mol. The van der Waals surface area contributed by atoms with Gasteiger partial charge >= 0.3 is 0 Å². The van der Waals surface area contributed by atoms with Gasteiger partial charge in [0, 0.05) is 6.54 Å². The van der Waals surface area contributed by atoms with Gasteiger partial charge in [-0.25, -0.2) is 0 Å². The van der Waals surface area contributed by atoms with Gasteiger partial charge in [-0.05, 0) is 31.9 Å². The molecule has 0 amide bonds. The summed E-state index contributed by atoms with van der Waals surface area (Å²) in [5, 5.41) is 21.2. The first-order valence-electron chi connectivity index (χ1n) is 5.06. The summed E-state index contributed by atoms with van der Waals surface area (Å²) >= 11 is 0. The molecule has 1 aromatic rings. The Labute approximate surface area is 90.4 Å². The van der Waals surface area contributed by atoms with Crippen molar-refractivity contribution in [3.63, 3.8) is 0 Å². The Morgan fingerprint density at radius 3 is 2.87 bits per heavy atom. The molecule has 2 N–H and O–H groups in total. The van der Waals surface area contributed by atoms with Crippen LogP contribution in [0.4, 0.5) is 5.69 Å². The lowest BCUT2D eigenvalue weighted by molar-refractivity contribution is 0.189. The first-order valence-corrected chi connectivity index (χ1v) is 5.06. The fourth-order valence-corrected chi connectivity index (χ4v) is 1.38. The minimum Gasteiger partial charge on any atom is -0.393 e. The van der Waals surface area contributed by atoms with Gasteiger partial charge in [0.2, 0.25) is 0 Å². The van der Waals surface area contributed by atoms with Gasteiger partial charge in [-0.3, -0.25) is 0 Å². The molecule has 1 unspecified atom stereocenters. The Balaban J connectivity index is 2.69. The van der Waals surface area contributed by atoms with E-state index in [1.807, 2.05) is 25.1 Å². The van der Waals surface area contributed by atoms with Crippen LogP contribution in [0.3, 0.4) is 0 Å². The molecule has 0 aliphatic heterocycles. The van der Waals surface area contributed by atoms with Gasteiger partial charge < -0.3 is 10.4 Å². The van der Waals surface area contributed by atoms with Crippen LogP contribution in [0, 0.1) is 18.3 Å². The van der Waals surface area contributed by atoms with Crippen molar-refractivity contribution in [2.45, 2.75) is 26.4 Å². The molecule has 0 fully saturated rings. The van der Waals surface area contributed by atoms with Crippen molar-refractivity contribution in [3.05, 3.63) is 29.3 Å². The van der Waals surface area contributed by atoms with Gasteiger partial charge in [0.05, 0.1) is 17.4 Å². The molecule has 0 bridgehead atoms. The standard InChI is InChI=1S/C12H16N2O/c1-9-4-3-5-12(11(9)8-13)14-7-6-10(2)15/h3-5,10,14-15H,6-7H2,1-2H3. The van der Waals surface area contributed by atoms with Crippen molar-refractivity contribution in [2.24, 2.45) is 0 Å². The van der Waals surface area contributed by atoms with Crippen LogP contribution in [-0.4, -0.2) is 17.8 Å². The number of hydrogen-bond acceptors (Lipinski definition) is 3. The third-order valence-electron chi connectivity index (χ3n) is 2.26. The van der Waals surface area contributed by atoms with E-state index in [1.54, 1.807) is 6.92 Å². The molecule has 1 atom stereocenters. The quantitative estimate of drug-likeness (QED) is 0.789. The summed E-state index contributed by atoms with van der Waals surface area (Å²) in [7, 11) is 0. The van der Waals surface area contributed by atoms with Crippen LogP contribution < -0.4 is 5.32 Å². The minimum atomic E-state index is -0.312. The normalized spacial score (nSPS) is 11.9. The third kappa shape index (κ3) is 3.26. The van der Waals surface area contributed by atoms with Crippen LogP contribution in [-0.2, 0) is 0 Å². The maximum Gasteiger partial charge on any atom is 0.102 e. The van der Waals surface area contributed by atoms with E-state index in [0.29, 0.717) is 18.5 Å². The van der Waals surface area contributed by atoms with Crippen LogP contribution >= 0.6 is 0 Å². The summed E-state index contributed by atoms with van der Waals surface area (Å²) in [5.41, 5.74) is 2.50. The zero-order valence-electron chi connectivity index (χ0n) is 9.12. The smallest absolute Gasteiger partial charge is 0.102 e. The molecule has 3 heteroatoms. The summed E-state index contributed by atoms with van der Waals surface area (Å²) in [6.07, 6.45) is 0.367. The maximum atomic E-state index is 9.11. The van der Waals surface area contributed by atoms with E-state index in [-0.39, 0.29) is 6.10 Å². The Bertz CT molecular complexity index is 366. The SMILES string of the molecule is Cc1cccc(NCCC(C)O)c1C#N. The molecule has 0 aliphatic carbocycles. The Kier molecular flexibility index (Phi) is 4.14. The van der Waals surface area contributed by atoms with Gasteiger partial charge in [-0.2, -0.15) is 5.26 Å². The predicted molar refractivity (Wildman–Crippen MR) is 60.7 cm³/mol. The average molecular weight is 204 g/mol. The van der Waals surface area contributed by atoms with Crippen molar-refractivity contribution in [1.82, 2.24) is 0 Å². The number of aliphatic hydroxyl groups is 1. The van der Waals surface area contributed by atoms with Gasteiger partial charge in [0.25, 0.3) is 0 Å². The lowest BCUT2D eigenvalue weighted by atomic mass is 10.1. The Morgan fingerprint density at radius 1 is 1.53 bits per heavy atom. The highest BCUT2D eigenvalue weighted by Gasteiger charge is 2.04. The van der Waals surface area contributed by atoms with Gasteiger partial charge in [-0.15, -0.1) is 0 Å². The molecule has 0 radical (unpaired) electrons. The number of nitriles is 1. The van der Waals surface area contributed by atoms with E-state index in [1.165, 1.54) is 0 Å². The zero-order chi connectivity index (χ0) is 11.3. The van der Waals surface area contributed by atoms with E-state index in [2.05, 4.69) is 11.4 Å². The number of benzene rings is 1. The molecule has 15 heavy (non-hydrogen) atoms. The molecular formula is C12H16N2O. The molecule has 1 aromatic carbocycles. The van der Waals surface area contributed by atoms with Gasteiger partial charge in [0.15, 0.2) is 0 Å². The molecule has 1 rings (SSSR count). The van der Waals surface area contributed by atoms with E-state index in [9.17, 15) is 0 Å². The number of nitrogens with zero attached hydrogens (tertiary/aromatic N) is 1. The summed E-state index contributed by atoms with van der Waals surface area (Å²) in [6.45, 7) is 4.34. The van der Waals surface area contributed by atoms with E-state index in [4.69, 9.17) is 10.4 Å². The number of aliphatic hydroxyl groups excluding tert-OH is 1. The van der Waals surface area contributed by atoms with Crippen LogP contribution in [0.25, 0.3) is 0 Å². The number of aryl methyl sites for hydroxylation is 1. The molecule has 0 spiro atoms. The minimum absolute atomic E-state index is 0.312. The molecule has 0 saturated carbocycles. The number of anilines is 1. The summed E-state index contributed by atoms with van der Waals surface area (Å²) in [6, 6.07) is 7.89. The molecule has 3 nitrogen and oxygen atoms in total. The average Bonchev–Trinajstić information content (AvgIpc) is 2.17. The largest absolute Gasteiger partial charge is 0.393 e. The fraction of sp³-hybridized carbons (Fsp3) is 0.417. The summed E-state index contributed by atoms with van der Waals surface area (Å²) < 4.78 is 0. The van der Waals surface area contributed by atoms with Crippen LogP contribution in [0.1, 0.15) is 24.5 Å². The van der Waals surface area contributed by atoms with Crippen LogP contribution in [0.15, 0.2) is 18.2 Å². The van der Waals surface area contributed by atoms with Crippen molar-refractivity contribution in [3.8, 4) is 6.07 Å². The second-order valence-electron chi connectivity index (χ2n) is 3.67. The van der Waals surface area contributed by atoms with Crippen molar-refractivity contribution < 1.29 is 5.11 Å². The van der Waals surface area contributed by atoms with Gasteiger partial charge in [-0.1, -0.05) is 12.1 Å². The second-order valence-corrected chi connectivity index (χ2v) is 3.67. The number of rotatable bonds is 4. The lowest BCUT2D eigenvalue weighted by Crippen LogP contribution is -2.10. The lowest BCUT2D eigenvalue weighted by Gasteiger charge is -2.10. The molecule has 0 aliphatic rings. The Morgan fingerprint density at radius 2 is 2.27 bits per heavy atom. The maximum absolute atomic E-state index is 9.11. The number of nitrogens with one attached hydrogen (secondary N) is 1. The van der Waals surface area contributed by atoms with E-state index < -0.39 is 0 Å². The second kappa shape index (κ2) is 5.38. The summed E-state index contributed by atoms with van der Waals surface area (Å²) in [4.78, 5) is 0. The van der Waals surface area contributed by atoms with Crippen molar-refractivity contribution >= 4 is 5.69 Å².